The summed E-state index contributed by atoms with van der Waals surface area (Å²) in [5, 5.41) is 15.0. The lowest BCUT2D eigenvalue weighted by atomic mass is 9.94. The summed E-state index contributed by atoms with van der Waals surface area (Å²) in [7, 11) is 0. The predicted octanol–water partition coefficient (Wildman–Crippen LogP) is 1.41. The van der Waals surface area contributed by atoms with Crippen molar-refractivity contribution in [3.05, 3.63) is 54.1 Å². The molecule has 0 radical (unpaired) electrons. The average Bonchev–Trinajstić information content (AvgIpc) is 3.29. The van der Waals surface area contributed by atoms with Crippen molar-refractivity contribution in [3.8, 4) is 0 Å². The number of nitrogens with zero attached hydrogens (tertiary/aromatic N) is 5. The first-order chi connectivity index (χ1) is 13.7. The van der Waals surface area contributed by atoms with Crippen LogP contribution in [-0.4, -0.2) is 56.1 Å². The van der Waals surface area contributed by atoms with Crippen LogP contribution in [0.1, 0.15) is 38.1 Å². The topological polar surface area (TPSA) is 93.0 Å². The Hall–Kier alpha value is -3.10. The van der Waals surface area contributed by atoms with Crippen molar-refractivity contribution in [1.29, 1.82) is 0 Å². The van der Waals surface area contributed by atoms with Gasteiger partial charge < -0.3 is 10.2 Å². The molecule has 1 aliphatic rings. The molecule has 2 aromatic rings. The Kier molecular flexibility index (Phi) is 5.76. The van der Waals surface area contributed by atoms with Gasteiger partial charge in [-0.2, -0.15) is 4.80 Å². The number of amides is 2. The second kappa shape index (κ2) is 8.10. The van der Waals surface area contributed by atoms with Gasteiger partial charge in [-0.1, -0.05) is 24.8 Å². The van der Waals surface area contributed by atoms with Crippen molar-refractivity contribution in [2.75, 3.05) is 13.1 Å². The average molecular weight is 400 g/mol. The maximum absolute atomic E-state index is 14.4. The standard InChI is InChI=1S/C20H25FN6O2/c1-5-18(28)22-16-12-26(11-14(16)13-8-6-7-9-15(13)21)19(29)10-17-23-25-27(24-17)20(2,3)4/h5-9,14,16H,1,10-12H2,2-4H3,(H,22,28)/t14-,16+/m0/s1. The molecule has 1 aromatic heterocycles. The lowest BCUT2D eigenvalue weighted by Gasteiger charge is -2.19. The summed E-state index contributed by atoms with van der Waals surface area (Å²) >= 11 is 0. The predicted molar refractivity (Wildman–Crippen MR) is 104 cm³/mol. The third-order valence-corrected chi connectivity index (χ3v) is 4.85. The maximum Gasteiger partial charge on any atom is 0.243 e. The normalized spacial score (nSPS) is 19.2. The van der Waals surface area contributed by atoms with Crippen LogP contribution >= 0.6 is 0 Å². The molecule has 1 N–H and O–H groups in total. The van der Waals surface area contributed by atoms with Gasteiger partial charge in [-0.25, -0.2) is 4.39 Å². The fourth-order valence-corrected chi connectivity index (χ4v) is 3.33. The number of tetrazole rings is 1. The van der Waals surface area contributed by atoms with E-state index in [-0.39, 0.29) is 48.6 Å². The van der Waals surface area contributed by atoms with Crippen LogP contribution in [0.5, 0.6) is 0 Å². The van der Waals surface area contributed by atoms with Crippen molar-refractivity contribution in [1.82, 2.24) is 30.4 Å². The first-order valence-corrected chi connectivity index (χ1v) is 9.43. The molecule has 3 rings (SSSR count). The van der Waals surface area contributed by atoms with E-state index in [1.54, 1.807) is 23.1 Å². The van der Waals surface area contributed by atoms with E-state index in [1.807, 2.05) is 20.8 Å². The first kappa shape index (κ1) is 20.6. The molecule has 8 nitrogen and oxygen atoms in total. The number of rotatable bonds is 5. The number of carbonyl (C=O) groups excluding carboxylic acids is 2. The summed E-state index contributed by atoms with van der Waals surface area (Å²) in [4.78, 5) is 27.7. The molecule has 0 spiro atoms. The van der Waals surface area contributed by atoms with Gasteiger partial charge >= 0.3 is 0 Å². The van der Waals surface area contributed by atoms with Crippen LogP contribution in [-0.2, 0) is 21.5 Å². The van der Waals surface area contributed by atoms with Gasteiger partial charge in [0.25, 0.3) is 0 Å². The van der Waals surface area contributed by atoms with Crippen molar-refractivity contribution < 1.29 is 14.0 Å². The number of carbonyl (C=O) groups is 2. The number of benzene rings is 1. The Morgan fingerprint density at radius 1 is 1.31 bits per heavy atom. The fraction of sp³-hybridized carbons (Fsp3) is 0.450. The zero-order chi connectivity index (χ0) is 21.2. The minimum Gasteiger partial charge on any atom is -0.347 e. The highest BCUT2D eigenvalue weighted by atomic mass is 19.1. The Morgan fingerprint density at radius 2 is 2.03 bits per heavy atom. The summed E-state index contributed by atoms with van der Waals surface area (Å²) < 4.78 is 14.4. The minimum absolute atomic E-state index is 0.0117. The van der Waals surface area contributed by atoms with E-state index >= 15 is 0 Å². The zero-order valence-corrected chi connectivity index (χ0v) is 16.8. The molecule has 0 unspecified atom stereocenters. The van der Waals surface area contributed by atoms with Gasteiger partial charge in [0.2, 0.25) is 11.8 Å². The quantitative estimate of drug-likeness (QED) is 0.766. The molecule has 2 amide bonds. The Balaban J connectivity index is 1.76. The smallest absolute Gasteiger partial charge is 0.243 e. The summed E-state index contributed by atoms with van der Waals surface area (Å²) in [5.41, 5.74) is 0.131. The molecule has 29 heavy (non-hydrogen) atoms. The van der Waals surface area contributed by atoms with Crippen LogP contribution in [0.4, 0.5) is 4.39 Å². The van der Waals surface area contributed by atoms with Crippen molar-refractivity contribution in [2.45, 2.75) is 44.7 Å². The van der Waals surface area contributed by atoms with Crippen molar-refractivity contribution in [3.63, 3.8) is 0 Å². The highest BCUT2D eigenvalue weighted by molar-refractivity contribution is 5.87. The van der Waals surface area contributed by atoms with Crippen LogP contribution in [0.3, 0.4) is 0 Å². The summed E-state index contributed by atoms with van der Waals surface area (Å²) in [5.74, 6) is -0.955. The van der Waals surface area contributed by atoms with Gasteiger partial charge in [-0.3, -0.25) is 9.59 Å². The minimum atomic E-state index is -0.417. The van der Waals surface area contributed by atoms with Crippen LogP contribution < -0.4 is 5.32 Å². The molecule has 2 atom stereocenters. The van der Waals surface area contributed by atoms with Gasteiger partial charge in [0, 0.05) is 19.0 Å². The van der Waals surface area contributed by atoms with Crippen LogP contribution in [0.15, 0.2) is 36.9 Å². The van der Waals surface area contributed by atoms with Crippen LogP contribution in [0, 0.1) is 5.82 Å². The number of halogens is 1. The van der Waals surface area contributed by atoms with E-state index in [2.05, 4.69) is 27.3 Å². The molecule has 2 heterocycles. The number of hydrogen-bond donors (Lipinski definition) is 1. The summed E-state index contributed by atoms with van der Waals surface area (Å²) in [6, 6.07) is 5.99. The second-order valence-electron chi connectivity index (χ2n) is 8.09. The van der Waals surface area contributed by atoms with E-state index in [0.717, 1.165) is 6.08 Å². The molecule has 0 aliphatic carbocycles. The highest BCUT2D eigenvalue weighted by Gasteiger charge is 2.38. The fourth-order valence-electron chi connectivity index (χ4n) is 3.33. The van der Waals surface area contributed by atoms with E-state index < -0.39 is 6.04 Å². The number of hydrogen-bond acceptors (Lipinski definition) is 5. The monoisotopic (exact) mass is 400 g/mol. The number of nitrogens with one attached hydrogen (secondary N) is 1. The van der Waals surface area contributed by atoms with E-state index in [4.69, 9.17) is 0 Å². The molecule has 9 heteroatoms. The molecular weight excluding hydrogens is 375 g/mol. The van der Waals surface area contributed by atoms with Gasteiger partial charge in [-0.15, -0.1) is 10.2 Å². The Bertz CT molecular complexity index is 920. The van der Waals surface area contributed by atoms with Crippen LogP contribution in [0.25, 0.3) is 0 Å². The lowest BCUT2D eigenvalue weighted by molar-refractivity contribution is -0.129. The Labute approximate surface area is 168 Å². The summed E-state index contributed by atoms with van der Waals surface area (Å²) in [6.45, 7) is 9.82. The van der Waals surface area contributed by atoms with Crippen LogP contribution in [0.2, 0.25) is 0 Å². The molecule has 1 fully saturated rings. The van der Waals surface area contributed by atoms with Crippen molar-refractivity contribution >= 4 is 11.8 Å². The van der Waals surface area contributed by atoms with Crippen molar-refractivity contribution in [2.24, 2.45) is 0 Å². The molecule has 154 valence electrons. The molecule has 0 bridgehead atoms. The first-order valence-electron chi connectivity index (χ1n) is 9.43. The maximum atomic E-state index is 14.4. The van der Waals surface area contributed by atoms with E-state index in [0.29, 0.717) is 11.4 Å². The number of likely N-dealkylation sites (tertiary alicyclic amines) is 1. The second-order valence-corrected chi connectivity index (χ2v) is 8.09. The van der Waals surface area contributed by atoms with Gasteiger partial charge in [0.05, 0.1) is 18.0 Å². The molecule has 1 aliphatic heterocycles. The lowest BCUT2D eigenvalue weighted by Crippen LogP contribution is -2.40. The van der Waals surface area contributed by atoms with Gasteiger partial charge in [0.1, 0.15) is 5.82 Å². The Morgan fingerprint density at radius 3 is 2.66 bits per heavy atom. The third kappa shape index (κ3) is 4.67. The van der Waals surface area contributed by atoms with Gasteiger partial charge in [0.15, 0.2) is 5.82 Å². The highest BCUT2D eigenvalue weighted by Crippen LogP contribution is 2.30. The SMILES string of the molecule is C=CC(=O)N[C@@H]1CN(C(=O)Cc2nnn(C(C)(C)C)n2)C[C@H]1c1ccccc1F. The molecule has 1 aromatic carbocycles. The van der Waals surface area contributed by atoms with E-state index in [1.165, 1.54) is 10.9 Å². The molecule has 0 saturated carbocycles. The molecular formula is C20H25FN6O2. The number of aromatic nitrogens is 4. The largest absolute Gasteiger partial charge is 0.347 e. The summed E-state index contributed by atoms with van der Waals surface area (Å²) in [6.07, 6.45) is 1.15. The van der Waals surface area contributed by atoms with Gasteiger partial charge in [-0.05, 0) is 43.7 Å². The third-order valence-electron chi connectivity index (χ3n) is 4.85. The zero-order valence-electron chi connectivity index (χ0n) is 16.8. The van der Waals surface area contributed by atoms with E-state index in [9.17, 15) is 14.0 Å². The molecule has 1 saturated heterocycles.